The Balaban J connectivity index is 2.88. The minimum atomic E-state index is 0.494. The van der Waals surface area contributed by atoms with E-state index in [4.69, 9.17) is 4.74 Å². The fourth-order valence-electron chi connectivity index (χ4n) is 2.06. The van der Waals surface area contributed by atoms with Crippen LogP contribution in [-0.4, -0.2) is 34.5 Å². The van der Waals surface area contributed by atoms with E-state index in [1.54, 1.807) is 6.20 Å². The van der Waals surface area contributed by atoms with Crippen molar-refractivity contribution in [1.29, 1.82) is 0 Å². The molecule has 0 fully saturated rings. The van der Waals surface area contributed by atoms with Gasteiger partial charge in [-0.25, -0.2) is 0 Å². The van der Waals surface area contributed by atoms with Gasteiger partial charge < -0.3 is 9.64 Å². The lowest BCUT2D eigenvalue weighted by Gasteiger charge is -2.30. The Bertz CT molecular complexity index is 358. The molecule has 0 saturated carbocycles. The van der Waals surface area contributed by atoms with Gasteiger partial charge in [0.15, 0.2) is 5.82 Å². The van der Waals surface area contributed by atoms with Crippen molar-refractivity contribution in [3.63, 3.8) is 0 Å². The van der Waals surface area contributed by atoms with E-state index >= 15 is 0 Å². The Morgan fingerprint density at radius 2 is 2.00 bits per heavy atom. The molecule has 0 spiro atoms. The van der Waals surface area contributed by atoms with E-state index in [0.29, 0.717) is 18.5 Å². The molecule has 0 aromatic carbocycles. The highest BCUT2D eigenvalue weighted by atomic mass is 79.9. The van der Waals surface area contributed by atoms with Gasteiger partial charge >= 0.3 is 0 Å². The summed E-state index contributed by atoms with van der Waals surface area (Å²) in [7, 11) is 0. The molecule has 0 aliphatic carbocycles. The van der Waals surface area contributed by atoms with Gasteiger partial charge in [-0.05, 0) is 19.3 Å². The van der Waals surface area contributed by atoms with Crippen LogP contribution in [0.3, 0.4) is 0 Å². The number of hydrogen-bond acceptors (Lipinski definition) is 4. The molecule has 0 unspecified atom stereocenters. The lowest BCUT2D eigenvalue weighted by molar-refractivity contribution is 0.303. The molecule has 0 amide bonds. The van der Waals surface area contributed by atoms with Crippen molar-refractivity contribution in [1.82, 2.24) is 9.97 Å². The third kappa shape index (κ3) is 4.97. The first-order valence-electron chi connectivity index (χ1n) is 7.04. The summed E-state index contributed by atoms with van der Waals surface area (Å²) < 4.78 is 5.56. The van der Waals surface area contributed by atoms with Crippen molar-refractivity contribution in [3.05, 3.63) is 12.4 Å². The summed E-state index contributed by atoms with van der Waals surface area (Å²) in [5.41, 5.74) is 0. The summed E-state index contributed by atoms with van der Waals surface area (Å²) in [6.45, 7) is 8.11. The second-order valence-electron chi connectivity index (χ2n) is 4.42. The van der Waals surface area contributed by atoms with E-state index in [-0.39, 0.29) is 0 Å². The van der Waals surface area contributed by atoms with Crippen LogP contribution in [0.4, 0.5) is 5.82 Å². The van der Waals surface area contributed by atoms with E-state index in [1.807, 2.05) is 6.20 Å². The van der Waals surface area contributed by atoms with E-state index < -0.39 is 0 Å². The largest absolute Gasteiger partial charge is 0.477 e. The molecule has 1 aromatic heterocycles. The fraction of sp³-hybridized carbons (Fsp3) is 0.714. The first-order chi connectivity index (χ1) is 9.26. The van der Waals surface area contributed by atoms with Gasteiger partial charge in [-0.3, -0.25) is 4.98 Å². The summed E-state index contributed by atoms with van der Waals surface area (Å²) in [4.78, 5) is 11.1. The van der Waals surface area contributed by atoms with E-state index in [1.165, 1.54) is 0 Å². The lowest BCUT2D eigenvalue weighted by Crippen LogP contribution is -2.36. The van der Waals surface area contributed by atoms with Crippen LogP contribution in [0.5, 0.6) is 5.88 Å². The zero-order valence-electron chi connectivity index (χ0n) is 12.1. The second-order valence-corrected chi connectivity index (χ2v) is 5.21. The molecule has 108 valence electrons. The van der Waals surface area contributed by atoms with Crippen molar-refractivity contribution in [2.75, 3.05) is 23.4 Å². The first kappa shape index (κ1) is 16.2. The first-order valence-corrected chi connectivity index (χ1v) is 8.16. The fourth-order valence-corrected chi connectivity index (χ4v) is 2.44. The van der Waals surface area contributed by atoms with E-state index in [9.17, 15) is 0 Å². The topological polar surface area (TPSA) is 38.2 Å². The van der Waals surface area contributed by atoms with Crippen molar-refractivity contribution in [2.45, 2.75) is 46.1 Å². The third-order valence-corrected chi connectivity index (χ3v) is 3.41. The van der Waals surface area contributed by atoms with Crippen molar-refractivity contribution < 1.29 is 4.74 Å². The quantitative estimate of drug-likeness (QED) is 0.648. The number of ether oxygens (including phenoxy) is 1. The van der Waals surface area contributed by atoms with E-state index in [2.05, 4.69) is 51.6 Å². The predicted molar refractivity (Wildman–Crippen MR) is 83.3 cm³/mol. The average molecular weight is 330 g/mol. The molecule has 19 heavy (non-hydrogen) atoms. The lowest BCUT2D eigenvalue weighted by atomic mass is 10.1. The molecule has 0 bridgehead atoms. The van der Waals surface area contributed by atoms with Gasteiger partial charge in [-0.2, -0.15) is 4.98 Å². The zero-order chi connectivity index (χ0) is 14.1. The molecule has 5 heteroatoms. The normalized spacial score (nSPS) is 10.8. The standard InChI is InChI=1S/C14H24BrN3O/c1-4-9-19-14-11-16-10-13(17-14)18(8-7-15)12(5-2)6-3/h10-12H,4-9H2,1-3H3. The highest BCUT2D eigenvalue weighted by molar-refractivity contribution is 9.09. The number of rotatable bonds is 9. The number of alkyl halides is 1. The van der Waals surface area contributed by atoms with Gasteiger partial charge in [0.1, 0.15) is 0 Å². The molecule has 0 aliphatic rings. The maximum atomic E-state index is 5.56. The SMILES string of the molecule is CCCOc1cncc(N(CCBr)C(CC)CC)n1. The molecule has 0 radical (unpaired) electrons. The monoisotopic (exact) mass is 329 g/mol. The van der Waals surface area contributed by atoms with Gasteiger partial charge in [-0.1, -0.05) is 36.7 Å². The zero-order valence-corrected chi connectivity index (χ0v) is 13.7. The van der Waals surface area contributed by atoms with Crippen molar-refractivity contribution in [2.24, 2.45) is 0 Å². The van der Waals surface area contributed by atoms with Gasteiger partial charge in [0.2, 0.25) is 5.88 Å². The molecular weight excluding hydrogens is 306 g/mol. The summed E-state index contributed by atoms with van der Waals surface area (Å²) in [6.07, 6.45) is 6.68. The van der Waals surface area contributed by atoms with Crippen LogP contribution < -0.4 is 9.64 Å². The molecule has 1 heterocycles. The number of nitrogens with zero attached hydrogens (tertiary/aromatic N) is 3. The Morgan fingerprint density at radius 3 is 2.58 bits per heavy atom. The number of hydrogen-bond donors (Lipinski definition) is 0. The summed E-state index contributed by atoms with van der Waals surface area (Å²) in [5, 5.41) is 0.922. The van der Waals surface area contributed by atoms with Gasteiger partial charge in [0.05, 0.1) is 19.0 Å². The summed E-state index contributed by atoms with van der Waals surface area (Å²) in [5.74, 6) is 1.52. The molecule has 4 nitrogen and oxygen atoms in total. The Morgan fingerprint density at radius 1 is 1.26 bits per heavy atom. The second kappa shape index (κ2) is 9.13. The Kier molecular flexibility index (Phi) is 7.79. The van der Waals surface area contributed by atoms with Crippen LogP contribution in [-0.2, 0) is 0 Å². The van der Waals surface area contributed by atoms with Gasteiger partial charge in [0.25, 0.3) is 0 Å². The summed E-state index contributed by atoms with van der Waals surface area (Å²) >= 11 is 3.51. The molecule has 0 atom stereocenters. The molecular formula is C14H24BrN3O. The Hall–Kier alpha value is -0.840. The molecule has 0 saturated heterocycles. The minimum Gasteiger partial charge on any atom is -0.477 e. The predicted octanol–water partition coefficient (Wildman–Crippen LogP) is 3.66. The molecule has 1 aromatic rings. The minimum absolute atomic E-state index is 0.494. The van der Waals surface area contributed by atoms with Gasteiger partial charge in [-0.15, -0.1) is 0 Å². The number of halogens is 1. The van der Waals surface area contributed by atoms with Gasteiger partial charge in [0, 0.05) is 17.9 Å². The summed E-state index contributed by atoms with van der Waals surface area (Å²) in [6, 6.07) is 0.494. The third-order valence-electron chi connectivity index (χ3n) is 3.06. The maximum Gasteiger partial charge on any atom is 0.234 e. The van der Waals surface area contributed by atoms with Crippen LogP contribution in [0.1, 0.15) is 40.0 Å². The molecule has 1 rings (SSSR count). The number of anilines is 1. The van der Waals surface area contributed by atoms with Crippen LogP contribution >= 0.6 is 15.9 Å². The Labute approximate surface area is 124 Å². The average Bonchev–Trinajstić information content (AvgIpc) is 2.45. The molecule has 0 N–H and O–H groups in total. The number of aromatic nitrogens is 2. The van der Waals surface area contributed by atoms with Crippen LogP contribution in [0.2, 0.25) is 0 Å². The highest BCUT2D eigenvalue weighted by Crippen LogP contribution is 2.20. The van der Waals surface area contributed by atoms with Crippen molar-refractivity contribution >= 4 is 21.7 Å². The van der Waals surface area contributed by atoms with E-state index in [0.717, 1.165) is 37.0 Å². The van der Waals surface area contributed by atoms with Crippen molar-refractivity contribution in [3.8, 4) is 5.88 Å². The smallest absolute Gasteiger partial charge is 0.234 e. The maximum absolute atomic E-state index is 5.56. The molecule has 0 aliphatic heterocycles. The van der Waals surface area contributed by atoms with Crippen LogP contribution in [0.25, 0.3) is 0 Å². The highest BCUT2D eigenvalue weighted by Gasteiger charge is 2.17. The van der Waals surface area contributed by atoms with Crippen LogP contribution in [0, 0.1) is 0 Å². The van der Waals surface area contributed by atoms with Crippen LogP contribution in [0.15, 0.2) is 12.4 Å².